The molecule has 1 aliphatic heterocycles. The highest BCUT2D eigenvalue weighted by Gasteiger charge is 2.56. The van der Waals surface area contributed by atoms with Gasteiger partial charge in [0.1, 0.15) is 12.3 Å². The van der Waals surface area contributed by atoms with Crippen LogP contribution in [0.15, 0.2) is 0 Å². The third-order valence-corrected chi connectivity index (χ3v) is 5.61. The number of ether oxygens (including phenoxy) is 1. The number of hydrogen-bond donors (Lipinski definition) is 3. The van der Waals surface area contributed by atoms with E-state index >= 15 is 0 Å². The molecule has 1 spiro atoms. The summed E-state index contributed by atoms with van der Waals surface area (Å²) in [7, 11) is 3.33. The van der Waals surface area contributed by atoms with Gasteiger partial charge in [0.15, 0.2) is 0 Å². The van der Waals surface area contributed by atoms with Crippen LogP contribution >= 0.6 is 0 Å². The minimum absolute atomic E-state index is 0.0166. The highest BCUT2D eigenvalue weighted by molar-refractivity contribution is 5.85. The van der Waals surface area contributed by atoms with Gasteiger partial charge < -0.3 is 25.6 Å². The van der Waals surface area contributed by atoms with Gasteiger partial charge in [-0.25, -0.2) is 0 Å². The molecule has 2 aliphatic rings. The van der Waals surface area contributed by atoms with E-state index in [0.29, 0.717) is 19.4 Å². The van der Waals surface area contributed by atoms with Crippen LogP contribution in [0.3, 0.4) is 0 Å². The van der Waals surface area contributed by atoms with Crippen molar-refractivity contribution in [3.8, 4) is 0 Å². The Morgan fingerprint density at radius 1 is 1.31 bits per heavy atom. The summed E-state index contributed by atoms with van der Waals surface area (Å²) in [6, 6.07) is -0.470. The van der Waals surface area contributed by atoms with Crippen LogP contribution in [-0.2, 0) is 19.1 Å². The molecule has 1 saturated carbocycles. The molecule has 1 heterocycles. The van der Waals surface area contributed by atoms with E-state index < -0.39 is 6.04 Å². The third-order valence-electron chi connectivity index (χ3n) is 5.61. The van der Waals surface area contributed by atoms with Gasteiger partial charge in [-0.3, -0.25) is 14.4 Å². The summed E-state index contributed by atoms with van der Waals surface area (Å²) in [5, 5.41) is 8.40. The maximum Gasteiger partial charge on any atom is 0.243 e. The lowest BCUT2D eigenvalue weighted by Gasteiger charge is -2.31. The maximum absolute atomic E-state index is 12.4. The molecule has 0 radical (unpaired) electrons. The molecule has 3 unspecified atom stereocenters. The van der Waals surface area contributed by atoms with E-state index in [2.05, 4.69) is 16.0 Å². The van der Waals surface area contributed by atoms with E-state index in [1.165, 1.54) is 0 Å². The van der Waals surface area contributed by atoms with Gasteiger partial charge in [0.2, 0.25) is 18.2 Å². The summed E-state index contributed by atoms with van der Waals surface area (Å²) in [6.45, 7) is 2.63. The Balaban J connectivity index is 1.93. The summed E-state index contributed by atoms with van der Waals surface area (Å²) in [6.07, 6.45) is 5.78. The molecule has 26 heavy (non-hydrogen) atoms. The second kappa shape index (κ2) is 9.32. The molecule has 8 nitrogen and oxygen atoms in total. The fourth-order valence-electron chi connectivity index (χ4n) is 4.37. The zero-order valence-corrected chi connectivity index (χ0v) is 16.0. The number of likely N-dealkylation sites (N-methyl/N-ethyl adjacent to an activating group) is 2. The molecule has 2 rings (SSSR count). The molecule has 2 fully saturated rings. The highest BCUT2D eigenvalue weighted by Crippen LogP contribution is 2.51. The molecular formula is C18H32N4O4. The molecular weight excluding hydrogens is 336 g/mol. The van der Waals surface area contributed by atoms with Gasteiger partial charge >= 0.3 is 0 Å². The highest BCUT2D eigenvalue weighted by atomic mass is 16.5. The van der Waals surface area contributed by atoms with Gasteiger partial charge in [0.05, 0.1) is 13.2 Å². The second-order valence-electron chi connectivity index (χ2n) is 7.46. The van der Waals surface area contributed by atoms with E-state index in [0.717, 1.165) is 32.1 Å². The van der Waals surface area contributed by atoms with E-state index in [9.17, 15) is 14.4 Å². The largest absolute Gasteiger partial charge is 0.358 e. The molecule has 8 heteroatoms. The first-order chi connectivity index (χ1) is 12.5. The minimum Gasteiger partial charge on any atom is -0.358 e. The summed E-state index contributed by atoms with van der Waals surface area (Å²) in [5.41, 5.74) is -0.168. The fourth-order valence-corrected chi connectivity index (χ4v) is 4.37. The van der Waals surface area contributed by atoms with Crippen LogP contribution in [0.1, 0.15) is 45.4 Å². The Kier molecular flexibility index (Phi) is 7.40. The molecule has 148 valence electrons. The van der Waals surface area contributed by atoms with Crippen LogP contribution < -0.4 is 16.0 Å². The fraction of sp³-hybridized carbons (Fsp3) is 0.833. The van der Waals surface area contributed by atoms with Crippen LogP contribution in [-0.4, -0.2) is 68.7 Å². The lowest BCUT2D eigenvalue weighted by molar-refractivity contribution is -0.142. The van der Waals surface area contributed by atoms with Crippen LogP contribution in [0.25, 0.3) is 0 Å². The average molecular weight is 368 g/mol. The maximum atomic E-state index is 12.4. The van der Waals surface area contributed by atoms with E-state index in [-0.39, 0.29) is 36.0 Å². The Labute approximate surface area is 155 Å². The normalized spacial score (nSPS) is 25.3. The third kappa shape index (κ3) is 4.54. The first-order valence-electron chi connectivity index (χ1n) is 9.47. The molecule has 3 N–H and O–H groups in total. The van der Waals surface area contributed by atoms with Crippen LogP contribution in [0.2, 0.25) is 0 Å². The quantitative estimate of drug-likeness (QED) is 0.497. The molecule has 3 amide bonds. The summed E-state index contributed by atoms with van der Waals surface area (Å²) in [5.74, 6) is -0.169. The van der Waals surface area contributed by atoms with Gasteiger partial charge in [-0.15, -0.1) is 0 Å². The van der Waals surface area contributed by atoms with Gasteiger partial charge in [-0.2, -0.15) is 0 Å². The number of nitrogens with one attached hydrogen (secondary N) is 3. The number of nitrogens with zero attached hydrogens (tertiary/aromatic N) is 1. The van der Waals surface area contributed by atoms with Crippen LogP contribution in [0.5, 0.6) is 0 Å². The Hall–Kier alpha value is -1.67. The lowest BCUT2D eigenvalue weighted by atomic mass is 9.78. The predicted octanol–water partition coefficient (Wildman–Crippen LogP) is -0.0196. The standard InChI is InChI=1S/C18H32N4O4/c1-13(21-14(24)11-19-2)6-9-26-15-10-18(7-4-5-8-18)16(17(25)20-3)22(15)12-23/h12-13,15-16,19H,4-11H2,1-3H3,(H,20,25)(H,21,24). The molecule has 1 aliphatic carbocycles. The molecule has 3 atom stereocenters. The van der Waals surface area contributed by atoms with Gasteiger partial charge in [0, 0.05) is 24.9 Å². The minimum atomic E-state index is -0.453. The van der Waals surface area contributed by atoms with Crippen LogP contribution in [0.4, 0.5) is 0 Å². The van der Waals surface area contributed by atoms with Gasteiger partial charge in [0.25, 0.3) is 0 Å². The summed E-state index contributed by atoms with van der Waals surface area (Å²) < 4.78 is 5.98. The molecule has 0 aromatic carbocycles. The van der Waals surface area contributed by atoms with E-state index in [4.69, 9.17) is 4.74 Å². The number of hydrogen-bond acceptors (Lipinski definition) is 5. The smallest absolute Gasteiger partial charge is 0.243 e. The van der Waals surface area contributed by atoms with Crippen molar-refractivity contribution in [1.82, 2.24) is 20.9 Å². The molecule has 0 aromatic rings. The zero-order chi connectivity index (χ0) is 19.2. The zero-order valence-electron chi connectivity index (χ0n) is 16.0. The van der Waals surface area contributed by atoms with Crippen molar-refractivity contribution in [2.75, 3.05) is 27.2 Å². The average Bonchev–Trinajstić information content (AvgIpc) is 3.19. The SMILES string of the molecule is CNCC(=O)NC(C)CCOC1CC2(CCCC2)C(C(=O)NC)N1C=O. The number of likely N-dealkylation sites (tertiary alicyclic amines) is 1. The van der Waals surface area contributed by atoms with Crippen LogP contribution in [0, 0.1) is 5.41 Å². The van der Waals surface area contributed by atoms with Crippen molar-refractivity contribution in [3.05, 3.63) is 0 Å². The first kappa shape index (κ1) is 20.6. The topological polar surface area (TPSA) is 99.8 Å². The number of amides is 3. The monoisotopic (exact) mass is 368 g/mol. The lowest BCUT2D eigenvalue weighted by Crippen LogP contribution is -2.50. The Morgan fingerprint density at radius 3 is 2.58 bits per heavy atom. The summed E-state index contributed by atoms with van der Waals surface area (Å²) in [4.78, 5) is 37.3. The Morgan fingerprint density at radius 2 is 2.00 bits per heavy atom. The van der Waals surface area contributed by atoms with Crippen molar-refractivity contribution >= 4 is 18.2 Å². The number of carbonyl (C=O) groups excluding carboxylic acids is 3. The van der Waals surface area contributed by atoms with E-state index in [1.807, 2.05) is 6.92 Å². The van der Waals surface area contributed by atoms with Crippen molar-refractivity contribution in [2.24, 2.45) is 5.41 Å². The molecule has 0 aromatic heterocycles. The first-order valence-corrected chi connectivity index (χ1v) is 9.47. The predicted molar refractivity (Wildman–Crippen MR) is 97.2 cm³/mol. The van der Waals surface area contributed by atoms with Gasteiger partial charge in [-0.05, 0) is 33.2 Å². The number of carbonyl (C=O) groups is 3. The van der Waals surface area contributed by atoms with Gasteiger partial charge in [-0.1, -0.05) is 12.8 Å². The van der Waals surface area contributed by atoms with Crippen molar-refractivity contribution in [2.45, 2.75) is 63.8 Å². The van der Waals surface area contributed by atoms with Crippen molar-refractivity contribution < 1.29 is 19.1 Å². The summed E-state index contributed by atoms with van der Waals surface area (Å²) >= 11 is 0. The van der Waals surface area contributed by atoms with E-state index in [1.54, 1.807) is 19.0 Å². The van der Waals surface area contributed by atoms with Crippen molar-refractivity contribution in [3.63, 3.8) is 0 Å². The molecule has 1 saturated heterocycles. The van der Waals surface area contributed by atoms with Crippen molar-refractivity contribution in [1.29, 1.82) is 0 Å². The Bertz CT molecular complexity index is 507. The number of rotatable bonds is 9. The molecule has 0 bridgehead atoms. The second-order valence-corrected chi connectivity index (χ2v) is 7.46.